The van der Waals surface area contributed by atoms with E-state index >= 15 is 0 Å². The van der Waals surface area contributed by atoms with Crippen molar-refractivity contribution in [1.82, 2.24) is 0 Å². The largest absolute Gasteiger partial charge is 0.353 e. The molecule has 0 spiro atoms. The molecule has 1 rings (SSSR count). The van der Waals surface area contributed by atoms with Crippen molar-refractivity contribution in [3.63, 3.8) is 0 Å². The first-order valence-electron chi connectivity index (χ1n) is 4.63. The molecule has 0 bridgehead atoms. The van der Waals surface area contributed by atoms with Crippen molar-refractivity contribution >= 4 is 55.8 Å². The molecule has 7 nitrogen and oxygen atoms in total. The van der Waals surface area contributed by atoms with Crippen molar-refractivity contribution in [2.24, 2.45) is 0 Å². The van der Waals surface area contributed by atoms with E-state index in [1.54, 1.807) is 6.07 Å². The molecular formula is C9H10NaO7S2. The predicted molar refractivity (Wildman–Crippen MR) is 67.5 cm³/mol. The topological polar surface area (TPSA) is 115 Å². The van der Waals surface area contributed by atoms with E-state index in [-0.39, 0.29) is 35.1 Å². The van der Waals surface area contributed by atoms with Gasteiger partial charge in [0.05, 0.1) is 5.56 Å². The van der Waals surface area contributed by atoms with E-state index in [0.717, 1.165) is 0 Å². The van der Waals surface area contributed by atoms with Crippen molar-refractivity contribution in [2.75, 3.05) is 0 Å². The summed E-state index contributed by atoms with van der Waals surface area (Å²) < 4.78 is 54.6. The summed E-state index contributed by atoms with van der Waals surface area (Å²) in [6.45, 7) is 0.697. The second-order valence-corrected chi connectivity index (χ2v) is 7.21. The third kappa shape index (κ3) is 5.21. The summed E-state index contributed by atoms with van der Waals surface area (Å²) in [6, 6.07) is 7.17. The van der Waals surface area contributed by atoms with E-state index in [1.807, 2.05) is 0 Å². The van der Waals surface area contributed by atoms with Crippen molar-refractivity contribution in [3.8, 4) is 0 Å². The molecule has 1 aromatic carbocycles. The summed E-state index contributed by atoms with van der Waals surface area (Å²) in [6.07, 6.45) is 0. The van der Waals surface area contributed by atoms with Gasteiger partial charge in [0.2, 0.25) is 4.58 Å². The van der Waals surface area contributed by atoms with Crippen molar-refractivity contribution in [2.45, 2.75) is 11.5 Å². The van der Waals surface area contributed by atoms with E-state index in [4.69, 9.17) is 4.55 Å². The number of carbonyl (C=O) groups excluding carboxylic acids is 1. The molecule has 0 aliphatic heterocycles. The Balaban J connectivity index is 0.00000324. The fourth-order valence-electron chi connectivity index (χ4n) is 0.945. The van der Waals surface area contributed by atoms with Gasteiger partial charge in [0.25, 0.3) is 10.1 Å². The van der Waals surface area contributed by atoms with Gasteiger partial charge in [-0.1, -0.05) is 18.2 Å². The predicted octanol–water partition coefficient (Wildman–Crippen LogP) is 0.0262. The van der Waals surface area contributed by atoms with Gasteiger partial charge in [-0.25, -0.2) is 4.79 Å². The van der Waals surface area contributed by atoms with Gasteiger partial charge in [0, 0.05) is 29.6 Å². The van der Waals surface area contributed by atoms with Crippen molar-refractivity contribution < 1.29 is 30.4 Å². The van der Waals surface area contributed by atoms with Gasteiger partial charge in [-0.15, -0.1) is 0 Å². The van der Waals surface area contributed by atoms with Gasteiger partial charge >= 0.3 is 16.1 Å². The first-order chi connectivity index (χ1) is 8.14. The molecule has 19 heavy (non-hydrogen) atoms. The average molecular weight is 317 g/mol. The summed E-state index contributed by atoms with van der Waals surface area (Å²) in [7, 11) is -9.61. The Hall–Kier alpha value is -0.450. The minimum absolute atomic E-state index is 0. The molecule has 0 amide bonds. The zero-order chi connectivity index (χ0) is 14.0. The van der Waals surface area contributed by atoms with Crippen LogP contribution in [-0.2, 0) is 24.4 Å². The molecule has 0 aliphatic rings. The number of carbonyl (C=O) groups is 1. The van der Waals surface area contributed by atoms with Crippen molar-refractivity contribution in [3.05, 3.63) is 35.9 Å². The quantitative estimate of drug-likeness (QED) is 0.473. The third-order valence-electron chi connectivity index (χ3n) is 2.03. The molecule has 1 aromatic rings. The first-order valence-corrected chi connectivity index (χ1v) is 7.61. The van der Waals surface area contributed by atoms with Crippen LogP contribution in [0.1, 0.15) is 17.3 Å². The van der Waals surface area contributed by atoms with Crippen LogP contribution in [0.15, 0.2) is 30.3 Å². The summed E-state index contributed by atoms with van der Waals surface area (Å²) in [4.78, 5) is 11.4. The fourth-order valence-corrected chi connectivity index (χ4v) is 2.70. The van der Waals surface area contributed by atoms with E-state index < -0.39 is 30.8 Å². The van der Waals surface area contributed by atoms with Crippen LogP contribution in [0.2, 0.25) is 0 Å². The number of benzene rings is 1. The van der Waals surface area contributed by atoms with Gasteiger partial charge in [0.1, 0.15) is 0 Å². The Morgan fingerprint density at radius 2 is 1.63 bits per heavy atom. The zero-order valence-corrected chi connectivity index (χ0v) is 13.8. The van der Waals surface area contributed by atoms with Crippen LogP contribution in [0.3, 0.4) is 0 Å². The smallest absolute Gasteiger partial charge is 0.340 e. The van der Waals surface area contributed by atoms with Gasteiger partial charge in [-0.05, 0) is 19.1 Å². The van der Waals surface area contributed by atoms with E-state index in [9.17, 15) is 21.6 Å². The monoisotopic (exact) mass is 317 g/mol. The molecule has 1 N–H and O–H groups in total. The molecule has 1 atom stereocenters. The van der Waals surface area contributed by atoms with Crippen molar-refractivity contribution in [1.29, 1.82) is 0 Å². The van der Waals surface area contributed by atoms with Gasteiger partial charge < -0.3 is 4.18 Å². The SMILES string of the molecule is CC(S(=O)(=O)O)S(=O)(=O)OC(=O)c1ccccc1.[Na]. The normalized spacial score (nSPS) is 13.2. The van der Waals surface area contributed by atoms with Crippen LogP contribution in [0.5, 0.6) is 0 Å². The van der Waals surface area contributed by atoms with E-state index in [0.29, 0.717) is 6.92 Å². The van der Waals surface area contributed by atoms with Gasteiger partial charge in [0.15, 0.2) is 0 Å². The Morgan fingerprint density at radius 3 is 2.05 bits per heavy atom. The Bertz CT molecular complexity index is 636. The number of rotatable bonds is 4. The Morgan fingerprint density at radius 1 is 1.16 bits per heavy atom. The van der Waals surface area contributed by atoms with E-state index in [1.165, 1.54) is 24.3 Å². The Kier molecular flexibility index (Phi) is 6.66. The minimum atomic E-state index is -4.85. The number of hydrogen-bond donors (Lipinski definition) is 1. The molecule has 0 aliphatic carbocycles. The molecule has 101 valence electrons. The third-order valence-corrected chi connectivity index (χ3v) is 5.50. The molecular weight excluding hydrogens is 307 g/mol. The summed E-state index contributed by atoms with van der Waals surface area (Å²) in [5.74, 6) is -1.22. The molecule has 0 saturated heterocycles. The molecule has 0 fully saturated rings. The molecule has 1 unspecified atom stereocenters. The van der Waals surface area contributed by atoms with Crippen LogP contribution in [0.25, 0.3) is 0 Å². The molecule has 0 aromatic heterocycles. The van der Waals surface area contributed by atoms with Crippen LogP contribution in [0.4, 0.5) is 0 Å². The average Bonchev–Trinajstić information content (AvgIpc) is 2.27. The van der Waals surface area contributed by atoms with Crippen LogP contribution in [-0.4, -0.2) is 61.5 Å². The molecule has 0 heterocycles. The maximum absolute atomic E-state index is 11.4. The summed E-state index contributed by atoms with van der Waals surface area (Å²) in [5, 5.41) is 0. The maximum atomic E-state index is 11.4. The summed E-state index contributed by atoms with van der Waals surface area (Å²) >= 11 is 0. The second-order valence-electron chi connectivity index (χ2n) is 3.31. The summed E-state index contributed by atoms with van der Waals surface area (Å²) in [5.41, 5.74) is -0.0522. The van der Waals surface area contributed by atoms with E-state index in [2.05, 4.69) is 4.18 Å². The maximum Gasteiger partial charge on any atom is 0.353 e. The number of hydrogen-bond acceptors (Lipinski definition) is 6. The standard InChI is InChI=1S/C9H10O7S2.Na/c1-7(17(11,12)13)18(14,15)16-9(10)8-5-3-2-4-6-8;/h2-7H,1H3,(H,11,12,13);. The first kappa shape index (κ1) is 18.6. The van der Waals surface area contributed by atoms with Crippen LogP contribution >= 0.6 is 0 Å². The molecule has 1 radical (unpaired) electrons. The van der Waals surface area contributed by atoms with Crippen LogP contribution < -0.4 is 0 Å². The fraction of sp³-hybridized carbons (Fsp3) is 0.222. The minimum Gasteiger partial charge on any atom is -0.340 e. The Labute approximate surface area is 133 Å². The van der Waals surface area contributed by atoms with Gasteiger partial charge in [-0.2, -0.15) is 16.8 Å². The van der Waals surface area contributed by atoms with Crippen LogP contribution in [0, 0.1) is 0 Å². The zero-order valence-electron chi connectivity index (χ0n) is 10.2. The second kappa shape index (κ2) is 6.82. The molecule has 10 heteroatoms. The molecule has 0 saturated carbocycles. The van der Waals surface area contributed by atoms with Gasteiger partial charge in [-0.3, -0.25) is 4.55 Å².